The molecule has 1 aromatic rings. The van der Waals surface area contributed by atoms with Crippen LogP contribution in [-0.2, 0) is 4.74 Å². The minimum atomic E-state index is 0.137. The Morgan fingerprint density at radius 3 is 2.59 bits per heavy atom. The van der Waals surface area contributed by atoms with Crippen molar-refractivity contribution in [3.8, 4) is 5.88 Å². The molecule has 2 unspecified atom stereocenters. The summed E-state index contributed by atoms with van der Waals surface area (Å²) in [6, 6.07) is 0. The third-order valence-electron chi connectivity index (χ3n) is 2.91. The van der Waals surface area contributed by atoms with Crippen molar-refractivity contribution in [1.29, 1.82) is 0 Å². The molecule has 1 aromatic heterocycles. The van der Waals surface area contributed by atoms with E-state index >= 15 is 0 Å². The maximum atomic E-state index is 5.93. The van der Waals surface area contributed by atoms with Gasteiger partial charge in [-0.3, -0.25) is 0 Å². The van der Waals surface area contributed by atoms with Gasteiger partial charge < -0.3 is 9.47 Å². The normalized spacial score (nSPS) is 29.1. The number of aromatic nitrogens is 2. The maximum Gasteiger partial charge on any atom is 0.221 e. The van der Waals surface area contributed by atoms with Gasteiger partial charge in [-0.2, -0.15) is 0 Å². The molecule has 17 heavy (non-hydrogen) atoms. The average molecular weight is 257 g/mol. The third kappa shape index (κ3) is 3.07. The second kappa shape index (κ2) is 5.19. The van der Waals surface area contributed by atoms with Gasteiger partial charge in [0.05, 0.1) is 12.2 Å². The number of hydrogen-bond donors (Lipinski definition) is 0. The highest BCUT2D eigenvalue weighted by Crippen LogP contribution is 2.26. The molecule has 0 saturated carbocycles. The van der Waals surface area contributed by atoms with Crippen molar-refractivity contribution in [3.63, 3.8) is 0 Å². The fourth-order valence-electron chi connectivity index (χ4n) is 2.13. The lowest BCUT2D eigenvalue weighted by molar-refractivity contribution is -0.0731. The zero-order valence-electron chi connectivity index (χ0n) is 10.3. The molecule has 0 spiro atoms. The van der Waals surface area contributed by atoms with Gasteiger partial charge in [0.25, 0.3) is 0 Å². The van der Waals surface area contributed by atoms with Crippen LogP contribution in [0.1, 0.15) is 32.3 Å². The van der Waals surface area contributed by atoms with E-state index in [1.165, 1.54) is 6.33 Å². The fraction of sp³-hybridized carbons (Fsp3) is 0.667. The molecule has 94 valence electrons. The first-order valence-corrected chi connectivity index (χ1v) is 6.23. The Morgan fingerprint density at radius 1 is 1.29 bits per heavy atom. The van der Waals surface area contributed by atoms with Gasteiger partial charge in [0, 0.05) is 18.4 Å². The Labute approximate surface area is 106 Å². The number of rotatable bonds is 2. The Bertz CT molecular complexity index is 390. The molecule has 0 radical (unpaired) electrons. The molecule has 1 aliphatic heterocycles. The Hall–Kier alpha value is -0.870. The highest BCUT2D eigenvalue weighted by molar-refractivity contribution is 6.30. The topological polar surface area (TPSA) is 44.2 Å². The molecule has 1 fully saturated rings. The molecule has 4 nitrogen and oxygen atoms in total. The van der Waals surface area contributed by atoms with Crippen molar-refractivity contribution >= 4 is 11.6 Å². The first kappa shape index (κ1) is 12.6. The van der Waals surface area contributed by atoms with E-state index in [1.807, 2.05) is 6.92 Å². The largest absolute Gasteiger partial charge is 0.474 e. The van der Waals surface area contributed by atoms with Gasteiger partial charge in [-0.25, -0.2) is 9.97 Å². The predicted octanol–water partition coefficient (Wildman–Crippen LogP) is 2.77. The van der Waals surface area contributed by atoms with Gasteiger partial charge in [-0.15, -0.1) is 0 Å². The SMILES string of the molecule is Cc1c(Cl)ncnc1OC1CC(C)OC(C)C1. The summed E-state index contributed by atoms with van der Waals surface area (Å²) in [5, 5.41) is 0.447. The van der Waals surface area contributed by atoms with Crippen LogP contribution in [-0.4, -0.2) is 28.3 Å². The van der Waals surface area contributed by atoms with Crippen molar-refractivity contribution in [3.05, 3.63) is 17.0 Å². The molecule has 5 heteroatoms. The summed E-state index contributed by atoms with van der Waals surface area (Å²) in [6.45, 7) is 5.99. The van der Waals surface area contributed by atoms with Crippen molar-refractivity contribution in [2.24, 2.45) is 0 Å². The van der Waals surface area contributed by atoms with Crippen LogP contribution in [0.5, 0.6) is 5.88 Å². The van der Waals surface area contributed by atoms with Gasteiger partial charge in [0.2, 0.25) is 5.88 Å². The smallest absolute Gasteiger partial charge is 0.221 e. The van der Waals surface area contributed by atoms with Crippen LogP contribution in [0, 0.1) is 6.92 Å². The molecule has 1 aliphatic rings. The highest BCUT2D eigenvalue weighted by atomic mass is 35.5. The summed E-state index contributed by atoms with van der Waals surface area (Å²) in [5.74, 6) is 0.580. The van der Waals surface area contributed by atoms with Crippen LogP contribution >= 0.6 is 11.6 Å². The quantitative estimate of drug-likeness (QED) is 0.764. The van der Waals surface area contributed by atoms with E-state index in [-0.39, 0.29) is 18.3 Å². The lowest BCUT2D eigenvalue weighted by Crippen LogP contribution is -2.36. The van der Waals surface area contributed by atoms with Crippen molar-refractivity contribution in [1.82, 2.24) is 9.97 Å². The van der Waals surface area contributed by atoms with Crippen LogP contribution in [0.2, 0.25) is 5.15 Å². The summed E-state index contributed by atoms with van der Waals surface area (Å²) in [7, 11) is 0. The summed E-state index contributed by atoms with van der Waals surface area (Å²) in [6.07, 6.45) is 3.77. The number of hydrogen-bond acceptors (Lipinski definition) is 4. The Morgan fingerprint density at radius 2 is 1.94 bits per heavy atom. The minimum Gasteiger partial charge on any atom is -0.474 e. The fourth-order valence-corrected chi connectivity index (χ4v) is 2.26. The Balaban J connectivity index is 2.07. The summed E-state index contributed by atoms with van der Waals surface area (Å²) >= 11 is 5.93. The number of nitrogens with zero attached hydrogens (tertiary/aromatic N) is 2. The summed E-state index contributed by atoms with van der Waals surface area (Å²) in [5.41, 5.74) is 0.793. The van der Waals surface area contributed by atoms with Crippen LogP contribution < -0.4 is 4.74 Å². The second-order valence-electron chi connectivity index (χ2n) is 4.56. The third-order valence-corrected chi connectivity index (χ3v) is 3.29. The molecule has 0 aliphatic carbocycles. The molecule has 1 saturated heterocycles. The first-order chi connectivity index (χ1) is 8.06. The molecule has 0 amide bonds. The summed E-state index contributed by atoms with van der Waals surface area (Å²) in [4.78, 5) is 8.04. The molecule has 2 atom stereocenters. The lowest BCUT2D eigenvalue weighted by Gasteiger charge is -2.32. The second-order valence-corrected chi connectivity index (χ2v) is 4.92. The lowest BCUT2D eigenvalue weighted by atomic mass is 10.0. The Kier molecular flexibility index (Phi) is 3.84. The molecule has 0 N–H and O–H groups in total. The van der Waals surface area contributed by atoms with Gasteiger partial charge in [0.1, 0.15) is 17.6 Å². The molecular weight excluding hydrogens is 240 g/mol. The van der Waals surface area contributed by atoms with Crippen LogP contribution in [0.15, 0.2) is 6.33 Å². The minimum absolute atomic E-state index is 0.137. The van der Waals surface area contributed by atoms with E-state index in [0.29, 0.717) is 11.0 Å². The van der Waals surface area contributed by atoms with E-state index in [2.05, 4.69) is 23.8 Å². The molecular formula is C12H17ClN2O2. The number of ether oxygens (including phenoxy) is 2. The van der Waals surface area contributed by atoms with Gasteiger partial charge in [-0.1, -0.05) is 11.6 Å². The zero-order chi connectivity index (χ0) is 12.4. The van der Waals surface area contributed by atoms with Crippen LogP contribution in [0.4, 0.5) is 0 Å². The van der Waals surface area contributed by atoms with E-state index in [4.69, 9.17) is 21.1 Å². The van der Waals surface area contributed by atoms with Crippen molar-refractivity contribution in [2.45, 2.75) is 51.9 Å². The van der Waals surface area contributed by atoms with Crippen molar-refractivity contribution in [2.75, 3.05) is 0 Å². The molecule has 0 aromatic carbocycles. The molecule has 0 bridgehead atoms. The predicted molar refractivity (Wildman–Crippen MR) is 65.4 cm³/mol. The molecule has 2 rings (SSSR count). The van der Waals surface area contributed by atoms with E-state index < -0.39 is 0 Å². The first-order valence-electron chi connectivity index (χ1n) is 5.85. The average Bonchev–Trinajstić information content (AvgIpc) is 2.23. The van der Waals surface area contributed by atoms with Crippen LogP contribution in [0.3, 0.4) is 0 Å². The van der Waals surface area contributed by atoms with E-state index in [1.54, 1.807) is 0 Å². The van der Waals surface area contributed by atoms with E-state index in [0.717, 1.165) is 18.4 Å². The monoisotopic (exact) mass is 256 g/mol. The van der Waals surface area contributed by atoms with E-state index in [9.17, 15) is 0 Å². The summed E-state index contributed by atoms with van der Waals surface area (Å²) < 4.78 is 11.6. The highest BCUT2D eigenvalue weighted by Gasteiger charge is 2.26. The van der Waals surface area contributed by atoms with Gasteiger partial charge >= 0.3 is 0 Å². The van der Waals surface area contributed by atoms with Crippen molar-refractivity contribution < 1.29 is 9.47 Å². The maximum absolute atomic E-state index is 5.93. The standard InChI is InChI=1S/C12H17ClN2O2/c1-7-4-10(5-8(2)16-7)17-12-9(3)11(13)14-6-15-12/h6-8,10H,4-5H2,1-3H3. The van der Waals surface area contributed by atoms with Gasteiger partial charge in [-0.05, 0) is 20.8 Å². The van der Waals surface area contributed by atoms with Crippen LogP contribution in [0.25, 0.3) is 0 Å². The van der Waals surface area contributed by atoms with Gasteiger partial charge in [0.15, 0.2) is 0 Å². The zero-order valence-corrected chi connectivity index (χ0v) is 11.1. The molecule has 2 heterocycles. The number of halogens is 1.